The van der Waals surface area contributed by atoms with Crippen LogP contribution in [0.3, 0.4) is 0 Å². The molecule has 13 heavy (non-hydrogen) atoms. The average molecular weight is 200 g/mol. The molecule has 0 radical (unpaired) electrons. The Labute approximate surface area is 84.5 Å². The number of hydrogen-bond acceptors (Lipinski definition) is 1. The van der Waals surface area contributed by atoms with Crippen LogP contribution in [0.5, 0.6) is 0 Å². The molecule has 0 heterocycles. The van der Waals surface area contributed by atoms with Crippen LogP contribution in [-0.2, 0) is 6.42 Å². The van der Waals surface area contributed by atoms with E-state index < -0.39 is 0 Å². The molecular weight excluding hydrogens is 186 g/mol. The van der Waals surface area contributed by atoms with E-state index in [1.807, 2.05) is 26.0 Å². The maximum Gasteiger partial charge on any atom is 0.248 e. The number of hydrogen-bond donors (Lipinski definition) is 1. The highest BCUT2D eigenvalue weighted by molar-refractivity contribution is 5.94. The fourth-order valence-corrected chi connectivity index (χ4v) is 1.26. The van der Waals surface area contributed by atoms with Crippen LogP contribution in [0.1, 0.15) is 28.4 Å². The molecule has 3 heteroatoms. The zero-order valence-corrected chi connectivity index (χ0v) is 8.65. The number of carbonyl (C=O) groups excluding carboxylic acids is 1. The third-order valence-corrected chi connectivity index (χ3v) is 1.91. The van der Waals surface area contributed by atoms with E-state index in [9.17, 15) is 4.79 Å². The Morgan fingerprint density at radius 3 is 2.54 bits per heavy atom. The lowest BCUT2D eigenvalue weighted by Crippen LogP contribution is -2.13. The van der Waals surface area contributed by atoms with E-state index in [2.05, 4.69) is 0 Å². The van der Waals surface area contributed by atoms with Gasteiger partial charge in [-0.2, -0.15) is 0 Å². The van der Waals surface area contributed by atoms with Gasteiger partial charge in [0.1, 0.15) is 0 Å². The lowest BCUT2D eigenvalue weighted by Gasteiger charge is -2.04. The van der Waals surface area contributed by atoms with E-state index in [-0.39, 0.29) is 18.3 Å². The van der Waals surface area contributed by atoms with Crippen molar-refractivity contribution >= 4 is 18.3 Å². The maximum absolute atomic E-state index is 10.9. The van der Waals surface area contributed by atoms with Gasteiger partial charge >= 0.3 is 0 Å². The van der Waals surface area contributed by atoms with E-state index in [4.69, 9.17) is 5.73 Å². The first-order valence-corrected chi connectivity index (χ1v) is 4.04. The van der Waals surface area contributed by atoms with Crippen molar-refractivity contribution in [3.05, 3.63) is 34.9 Å². The van der Waals surface area contributed by atoms with Crippen molar-refractivity contribution in [3.8, 4) is 0 Å². The summed E-state index contributed by atoms with van der Waals surface area (Å²) in [5, 5.41) is 0. The first kappa shape index (κ1) is 12.0. The maximum atomic E-state index is 10.9. The predicted octanol–water partition coefficient (Wildman–Crippen LogP) is 2.08. The van der Waals surface area contributed by atoms with Crippen molar-refractivity contribution in [2.24, 2.45) is 5.73 Å². The Hall–Kier alpha value is -1.02. The Kier molecular flexibility index (Phi) is 4.49. The van der Waals surface area contributed by atoms with Gasteiger partial charge < -0.3 is 5.73 Å². The second-order valence-corrected chi connectivity index (χ2v) is 2.88. The van der Waals surface area contributed by atoms with E-state index in [1.54, 1.807) is 6.07 Å². The molecule has 0 saturated heterocycles. The zero-order chi connectivity index (χ0) is 9.14. The molecule has 0 aromatic heterocycles. The molecule has 0 fully saturated rings. The lowest BCUT2D eigenvalue weighted by atomic mass is 10.0. The van der Waals surface area contributed by atoms with Crippen LogP contribution in [0, 0.1) is 6.92 Å². The van der Waals surface area contributed by atoms with Crippen LogP contribution in [0.25, 0.3) is 0 Å². The second-order valence-electron chi connectivity index (χ2n) is 2.88. The van der Waals surface area contributed by atoms with Gasteiger partial charge in [0.25, 0.3) is 0 Å². The molecule has 0 aliphatic heterocycles. The number of nitrogens with two attached hydrogens (primary N) is 1. The molecule has 2 N–H and O–H groups in total. The summed E-state index contributed by atoms with van der Waals surface area (Å²) in [5.74, 6) is -0.341. The molecule has 1 rings (SSSR count). The van der Waals surface area contributed by atoms with E-state index in [1.165, 1.54) is 0 Å². The molecule has 0 aliphatic carbocycles. The van der Waals surface area contributed by atoms with Crippen LogP contribution in [0.15, 0.2) is 18.2 Å². The SMILES string of the molecule is CCc1cc(C)ccc1C(N)=O.Cl. The average Bonchev–Trinajstić information content (AvgIpc) is 2.03. The van der Waals surface area contributed by atoms with Gasteiger partial charge in [-0.1, -0.05) is 24.6 Å². The van der Waals surface area contributed by atoms with Crippen molar-refractivity contribution in [2.45, 2.75) is 20.3 Å². The van der Waals surface area contributed by atoms with Crippen LogP contribution in [-0.4, -0.2) is 5.91 Å². The molecule has 0 bridgehead atoms. The Morgan fingerprint density at radius 2 is 2.08 bits per heavy atom. The first-order chi connectivity index (χ1) is 5.65. The van der Waals surface area contributed by atoms with Gasteiger partial charge in [0.15, 0.2) is 0 Å². The summed E-state index contributed by atoms with van der Waals surface area (Å²) in [5.41, 5.74) is 8.04. The Bertz CT molecular complexity index is 310. The molecule has 0 atom stereocenters. The van der Waals surface area contributed by atoms with Crippen molar-refractivity contribution in [3.63, 3.8) is 0 Å². The van der Waals surface area contributed by atoms with Crippen molar-refractivity contribution in [1.82, 2.24) is 0 Å². The number of aryl methyl sites for hydroxylation is 2. The molecule has 2 nitrogen and oxygen atoms in total. The monoisotopic (exact) mass is 199 g/mol. The largest absolute Gasteiger partial charge is 0.366 e. The van der Waals surface area contributed by atoms with E-state index in [0.29, 0.717) is 5.56 Å². The Balaban J connectivity index is 0.00000144. The standard InChI is InChI=1S/C10H13NO.ClH/c1-3-8-6-7(2)4-5-9(8)10(11)12;/h4-6H,3H2,1-2H3,(H2,11,12);1H. The van der Waals surface area contributed by atoms with Gasteiger partial charge in [-0.3, -0.25) is 4.79 Å². The van der Waals surface area contributed by atoms with E-state index >= 15 is 0 Å². The third-order valence-electron chi connectivity index (χ3n) is 1.91. The highest BCUT2D eigenvalue weighted by atomic mass is 35.5. The zero-order valence-electron chi connectivity index (χ0n) is 7.83. The normalized spacial score (nSPS) is 9.08. The minimum atomic E-state index is -0.341. The van der Waals surface area contributed by atoms with Gasteiger partial charge in [0.2, 0.25) is 5.91 Å². The smallest absolute Gasteiger partial charge is 0.248 e. The molecule has 1 aromatic carbocycles. The summed E-state index contributed by atoms with van der Waals surface area (Å²) in [6, 6.07) is 5.69. The number of rotatable bonds is 2. The molecule has 1 amide bonds. The summed E-state index contributed by atoms with van der Waals surface area (Å²) >= 11 is 0. The van der Waals surface area contributed by atoms with Crippen LogP contribution < -0.4 is 5.73 Å². The number of primary amides is 1. The molecule has 0 unspecified atom stereocenters. The summed E-state index contributed by atoms with van der Waals surface area (Å²) in [6.45, 7) is 4.02. The van der Waals surface area contributed by atoms with Crippen molar-refractivity contribution in [1.29, 1.82) is 0 Å². The highest BCUT2D eigenvalue weighted by Crippen LogP contribution is 2.11. The van der Waals surface area contributed by atoms with Gasteiger partial charge in [-0.25, -0.2) is 0 Å². The summed E-state index contributed by atoms with van der Waals surface area (Å²) in [7, 11) is 0. The van der Waals surface area contributed by atoms with Gasteiger partial charge in [-0.05, 0) is 25.0 Å². The molecule has 72 valence electrons. The van der Waals surface area contributed by atoms with Crippen molar-refractivity contribution in [2.75, 3.05) is 0 Å². The number of halogens is 1. The number of benzene rings is 1. The summed E-state index contributed by atoms with van der Waals surface area (Å²) in [4.78, 5) is 10.9. The lowest BCUT2D eigenvalue weighted by molar-refractivity contribution is 0.0999. The van der Waals surface area contributed by atoms with Crippen LogP contribution >= 0.6 is 12.4 Å². The van der Waals surface area contributed by atoms with E-state index in [0.717, 1.165) is 17.5 Å². The van der Waals surface area contributed by atoms with Crippen LogP contribution in [0.4, 0.5) is 0 Å². The highest BCUT2D eigenvalue weighted by Gasteiger charge is 2.05. The van der Waals surface area contributed by atoms with Gasteiger partial charge in [0, 0.05) is 5.56 Å². The van der Waals surface area contributed by atoms with Crippen LogP contribution in [0.2, 0.25) is 0 Å². The topological polar surface area (TPSA) is 43.1 Å². The molecular formula is C10H14ClNO. The number of carbonyl (C=O) groups is 1. The summed E-state index contributed by atoms with van der Waals surface area (Å²) in [6.07, 6.45) is 0.847. The molecule has 0 saturated carbocycles. The third kappa shape index (κ3) is 2.74. The molecule has 0 aliphatic rings. The summed E-state index contributed by atoms with van der Waals surface area (Å²) < 4.78 is 0. The molecule has 0 spiro atoms. The Morgan fingerprint density at radius 1 is 1.46 bits per heavy atom. The van der Waals surface area contributed by atoms with Crippen molar-refractivity contribution < 1.29 is 4.79 Å². The van der Waals surface area contributed by atoms with Gasteiger partial charge in [0.05, 0.1) is 0 Å². The first-order valence-electron chi connectivity index (χ1n) is 4.04. The minimum Gasteiger partial charge on any atom is -0.366 e. The number of amides is 1. The quantitative estimate of drug-likeness (QED) is 0.779. The fourth-order valence-electron chi connectivity index (χ4n) is 1.26. The molecule has 1 aromatic rings. The second kappa shape index (κ2) is 4.87. The minimum absolute atomic E-state index is 0. The fraction of sp³-hybridized carbons (Fsp3) is 0.300. The predicted molar refractivity (Wildman–Crippen MR) is 56.3 cm³/mol. The van der Waals surface area contributed by atoms with Gasteiger partial charge in [-0.15, -0.1) is 12.4 Å².